The summed E-state index contributed by atoms with van der Waals surface area (Å²) >= 11 is 5.84. The molecule has 0 aliphatic carbocycles. The molecule has 0 atom stereocenters. The first kappa shape index (κ1) is 18.5. The fourth-order valence-corrected chi connectivity index (χ4v) is 2.81. The first-order chi connectivity index (χ1) is 12.9. The van der Waals surface area contributed by atoms with E-state index in [9.17, 15) is 14.9 Å². The Kier molecular flexibility index (Phi) is 5.14. The summed E-state index contributed by atoms with van der Waals surface area (Å²) in [5.74, 6) is 0.645. The SMILES string of the molecule is COc1ccccc1NC(=O)c1cc(-c2ccc(Cl)cc2[N+](=O)[O-])oc1C. The van der Waals surface area contributed by atoms with E-state index < -0.39 is 10.8 Å². The molecule has 7 nitrogen and oxygen atoms in total. The molecule has 0 spiro atoms. The largest absolute Gasteiger partial charge is 0.495 e. The Hall–Kier alpha value is -3.32. The number of para-hydroxylation sites is 2. The zero-order chi connectivity index (χ0) is 19.6. The van der Waals surface area contributed by atoms with Crippen molar-refractivity contribution >= 4 is 28.9 Å². The number of amides is 1. The third kappa shape index (κ3) is 3.78. The van der Waals surface area contributed by atoms with Gasteiger partial charge in [-0.05, 0) is 37.3 Å². The van der Waals surface area contributed by atoms with Crippen LogP contribution in [-0.4, -0.2) is 17.9 Å². The highest BCUT2D eigenvalue weighted by Gasteiger charge is 2.22. The highest BCUT2D eigenvalue weighted by Crippen LogP contribution is 2.35. The smallest absolute Gasteiger partial charge is 0.281 e. The average Bonchev–Trinajstić information content (AvgIpc) is 3.03. The van der Waals surface area contributed by atoms with Gasteiger partial charge in [-0.15, -0.1) is 0 Å². The van der Waals surface area contributed by atoms with Crippen LogP contribution in [0, 0.1) is 17.0 Å². The van der Waals surface area contributed by atoms with Gasteiger partial charge in [0.25, 0.3) is 11.6 Å². The van der Waals surface area contributed by atoms with Crippen LogP contribution in [0.25, 0.3) is 11.3 Å². The molecule has 8 heteroatoms. The van der Waals surface area contributed by atoms with Gasteiger partial charge < -0.3 is 14.5 Å². The van der Waals surface area contributed by atoms with E-state index in [0.29, 0.717) is 17.2 Å². The standard InChI is InChI=1S/C19H15ClN2O5/c1-11-14(19(23)21-15-5-3-4-6-17(15)26-2)10-18(27-11)13-8-7-12(20)9-16(13)22(24)25/h3-10H,1-2H3,(H,21,23). The lowest BCUT2D eigenvalue weighted by atomic mass is 10.1. The van der Waals surface area contributed by atoms with Crippen molar-refractivity contribution in [3.8, 4) is 17.1 Å². The second kappa shape index (κ2) is 7.51. The number of carbonyl (C=O) groups is 1. The molecule has 0 saturated carbocycles. The lowest BCUT2D eigenvalue weighted by Gasteiger charge is -2.09. The molecule has 138 valence electrons. The Balaban J connectivity index is 1.96. The van der Waals surface area contributed by atoms with Crippen LogP contribution in [0.3, 0.4) is 0 Å². The number of nitrogens with zero attached hydrogens (tertiary/aromatic N) is 1. The van der Waals surface area contributed by atoms with Crippen LogP contribution in [-0.2, 0) is 0 Å². The van der Waals surface area contributed by atoms with Gasteiger partial charge >= 0.3 is 0 Å². The number of benzene rings is 2. The van der Waals surface area contributed by atoms with Gasteiger partial charge in [-0.2, -0.15) is 0 Å². The number of ether oxygens (including phenoxy) is 1. The Bertz CT molecular complexity index is 1030. The Labute approximate surface area is 159 Å². The Morgan fingerprint density at radius 3 is 2.67 bits per heavy atom. The van der Waals surface area contributed by atoms with Crippen LogP contribution < -0.4 is 10.1 Å². The maximum absolute atomic E-state index is 12.6. The average molecular weight is 387 g/mol. The van der Waals surface area contributed by atoms with E-state index in [1.807, 2.05) is 0 Å². The monoisotopic (exact) mass is 386 g/mol. The predicted octanol–water partition coefficient (Wildman–Crippen LogP) is 5.08. The van der Waals surface area contributed by atoms with E-state index in [2.05, 4.69) is 5.32 Å². The van der Waals surface area contributed by atoms with Gasteiger partial charge in [-0.1, -0.05) is 23.7 Å². The third-order valence-electron chi connectivity index (χ3n) is 3.94. The predicted molar refractivity (Wildman–Crippen MR) is 101 cm³/mol. The van der Waals surface area contributed by atoms with Crippen molar-refractivity contribution in [3.05, 3.63) is 75.0 Å². The van der Waals surface area contributed by atoms with Gasteiger partial charge in [0.2, 0.25) is 0 Å². The quantitative estimate of drug-likeness (QED) is 0.487. The summed E-state index contributed by atoms with van der Waals surface area (Å²) in [7, 11) is 1.51. The highest BCUT2D eigenvalue weighted by molar-refractivity contribution is 6.30. The summed E-state index contributed by atoms with van der Waals surface area (Å²) in [6.07, 6.45) is 0. The molecule has 27 heavy (non-hydrogen) atoms. The number of rotatable bonds is 5. The number of nitro groups is 1. The summed E-state index contributed by atoms with van der Waals surface area (Å²) in [5, 5.41) is 14.3. The number of nitrogens with one attached hydrogen (secondary N) is 1. The Morgan fingerprint density at radius 1 is 1.22 bits per heavy atom. The number of aryl methyl sites for hydroxylation is 1. The summed E-state index contributed by atoms with van der Waals surface area (Å²) in [6.45, 7) is 1.61. The maximum Gasteiger partial charge on any atom is 0.281 e. The van der Waals surface area contributed by atoms with E-state index in [-0.39, 0.29) is 27.6 Å². The highest BCUT2D eigenvalue weighted by atomic mass is 35.5. The van der Waals surface area contributed by atoms with Gasteiger partial charge in [0.15, 0.2) is 0 Å². The second-order valence-electron chi connectivity index (χ2n) is 5.65. The lowest BCUT2D eigenvalue weighted by molar-refractivity contribution is -0.384. The van der Waals surface area contributed by atoms with Crippen LogP contribution in [0.5, 0.6) is 5.75 Å². The number of halogens is 1. The molecule has 3 aromatic rings. The lowest BCUT2D eigenvalue weighted by Crippen LogP contribution is -2.12. The number of methoxy groups -OCH3 is 1. The Morgan fingerprint density at radius 2 is 1.96 bits per heavy atom. The molecular weight excluding hydrogens is 372 g/mol. The zero-order valence-corrected chi connectivity index (χ0v) is 15.2. The van der Waals surface area contributed by atoms with Crippen LogP contribution in [0.15, 0.2) is 52.9 Å². The molecule has 0 fully saturated rings. The topological polar surface area (TPSA) is 94.6 Å². The maximum atomic E-state index is 12.6. The van der Waals surface area contributed by atoms with Crippen LogP contribution >= 0.6 is 11.6 Å². The van der Waals surface area contributed by atoms with E-state index in [1.165, 1.54) is 31.4 Å². The molecule has 1 heterocycles. The van der Waals surface area contributed by atoms with Gasteiger partial charge in [0, 0.05) is 11.1 Å². The molecule has 2 aromatic carbocycles. The molecule has 0 aliphatic rings. The molecule has 1 N–H and O–H groups in total. The zero-order valence-electron chi connectivity index (χ0n) is 14.5. The second-order valence-corrected chi connectivity index (χ2v) is 6.09. The fraction of sp³-hybridized carbons (Fsp3) is 0.105. The van der Waals surface area contributed by atoms with E-state index >= 15 is 0 Å². The van der Waals surface area contributed by atoms with Crippen molar-refractivity contribution in [3.63, 3.8) is 0 Å². The summed E-state index contributed by atoms with van der Waals surface area (Å²) in [5.41, 5.74) is 0.807. The number of nitro benzene ring substituents is 1. The molecule has 0 saturated heterocycles. The molecule has 0 unspecified atom stereocenters. The van der Waals surface area contributed by atoms with Gasteiger partial charge in [-0.25, -0.2) is 0 Å². The van der Waals surface area contributed by atoms with Crippen molar-refractivity contribution in [1.29, 1.82) is 0 Å². The summed E-state index contributed by atoms with van der Waals surface area (Å²) in [4.78, 5) is 23.4. The van der Waals surface area contributed by atoms with E-state index in [4.69, 9.17) is 20.8 Å². The minimum Gasteiger partial charge on any atom is -0.495 e. The molecular formula is C19H15ClN2O5. The molecule has 3 rings (SSSR count). The van der Waals surface area contributed by atoms with Crippen LogP contribution in [0.4, 0.5) is 11.4 Å². The van der Waals surface area contributed by atoms with Crippen molar-refractivity contribution in [1.82, 2.24) is 0 Å². The van der Waals surface area contributed by atoms with Crippen LogP contribution in [0.2, 0.25) is 5.02 Å². The summed E-state index contributed by atoms with van der Waals surface area (Å²) in [6, 6.07) is 12.7. The number of carbonyl (C=O) groups excluding carboxylic acids is 1. The molecule has 1 aromatic heterocycles. The van der Waals surface area contributed by atoms with Crippen molar-refractivity contribution in [2.75, 3.05) is 12.4 Å². The molecule has 0 radical (unpaired) electrons. The number of hydrogen-bond acceptors (Lipinski definition) is 5. The minimum absolute atomic E-state index is 0.201. The normalized spacial score (nSPS) is 10.5. The first-order valence-corrected chi connectivity index (χ1v) is 8.27. The molecule has 0 aliphatic heterocycles. The number of hydrogen-bond donors (Lipinski definition) is 1. The third-order valence-corrected chi connectivity index (χ3v) is 4.17. The fourth-order valence-electron chi connectivity index (χ4n) is 2.64. The van der Waals surface area contributed by atoms with Crippen molar-refractivity contribution < 1.29 is 18.9 Å². The summed E-state index contributed by atoms with van der Waals surface area (Å²) < 4.78 is 10.8. The van der Waals surface area contributed by atoms with E-state index in [0.717, 1.165) is 0 Å². The first-order valence-electron chi connectivity index (χ1n) is 7.90. The van der Waals surface area contributed by atoms with Crippen molar-refractivity contribution in [2.45, 2.75) is 6.92 Å². The van der Waals surface area contributed by atoms with Gasteiger partial charge in [0.05, 0.1) is 28.8 Å². The van der Waals surface area contributed by atoms with Gasteiger partial charge in [0.1, 0.15) is 17.3 Å². The molecule has 0 bridgehead atoms. The van der Waals surface area contributed by atoms with Crippen LogP contribution in [0.1, 0.15) is 16.1 Å². The minimum atomic E-state index is -0.548. The molecule has 1 amide bonds. The number of anilines is 1. The van der Waals surface area contributed by atoms with E-state index in [1.54, 1.807) is 31.2 Å². The van der Waals surface area contributed by atoms with Gasteiger partial charge in [-0.3, -0.25) is 14.9 Å². The number of furan rings is 1. The van der Waals surface area contributed by atoms with Crippen molar-refractivity contribution in [2.24, 2.45) is 0 Å².